The summed E-state index contributed by atoms with van der Waals surface area (Å²) in [5.74, 6) is -2.87. The lowest BCUT2D eigenvalue weighted by atomic mass is 10.1. The van der Waals surface area contributed by atoms with E-state index in [-0.39, 0.29) is 44.2 Å². The summed E-state index contributed by atoms with van der Waals surface area (Å²) in [6.45, 7) is 3.67. The topological polar surface area (TPSA) is 133 Å². The van der Waals surface area contributed by atoms with Crippen LogP contribution in [0.15, 0.2) is 12.2 Å². The van der Waals surface area contributed by atoms with Crippen LogP contribution in [0.25, 0.3) is 0 Å². The van der Waals surface area contributed by atoms with Crippen LogP contribution >= 0.6 is 0 Å². The molecule has 1 aliphatic rings. The lowest BCUT2D eigenvalue weighted by molar-refractivity contribution is -0.142. The summed E-state index contributed by atoms with van der Waals surface area (Å²) in [6, 6.07) is -1.21. The number of nitrogens with zero attached hydrogens (tertiary/aromatic N) is 1. The smallest absolute Gasteiger partial charge is 0.326 e. The summed E-state index contributed by atoms with van der Waals surface area (Å²) in [6.07, 6.45) is 2.48. The molecule has 1 rings (SSSR count). The van der Waals surface area contributed by atoms with Crippen molar-refractivity contribution in [2.75, 3.05) is 6.54 Å². The van der Waals surface area contributed by atoms with Crippen LogP contribution in [0.2, 0.25) is 0 Å². The number of nitrogens with one attached hydrogen (secondary N) is 2. The third-order valence-electron chi connectivity index (χ3n) is 3.43. The number of aliphatic carboxylic acids is 1. The number of carbonyl (C=O) groups excluding carboxylic acids is 4. The Bertz CT molecular complexity index is 566. The SMILES string of the molecule is CC(C)NC(=O)CC[C@H](NC(=O)CCCN1C(=O)C=CC1=O)C(=O)O. The van der Waals surface area contributed by atoms with Gasteiger partial charge in [-0.05, 0) is 26.7 Å². The van der Waals surface area contributed by atoms with E-state index in [9.17, 15) is 24.0 Å². The fraction of sp³-hybridized carbons (Fsp3) is 0.562. The second-order valence-electron chi connectivity index (χ2n) is 5.98. The van der Waals surface area contributed by atoms with Gasteiger partial charge >= 0.3 is 5.97 Å². The highest BCUT2D eigenvalue weighted by atomic mass is 16.4. The molecular formula is C16H23N3O6. The van der Waals surface area contributed by atoms with Gasteiger partial charge in [-0.1, -0.05) is 0 Å². The van der Waals surface area contributed by atoms with Crippen LogP contribution in [0.4, 0.5) is 0 Å². The third-order valence-corrected chi connectivity index (χ3v) is 3.43. The van der Waals surface area contributed by atoms with Gasteiger partial charge in [0, 0.05) is 37.6 Å². The van der Waals surface area contributed by atoms with Crippen molar-refractivity contribution in [1.82, 2.24) is 15.5 Å². The van der Waals surface area contributed by atoms with E-state index in [1.54, 1.807) is 13.8 Å². The van der Waals surface area contributed by atoms with E-state index in [2.05, 4.69) is 10.6 Å². The molecule has 0 aromatic rings. The maximum Gasteiger partial charge on any atom is 0.326 e. The van der Waals surface area contributed by atoms with E-state index < -0.39 is 29.7 Å². The molecule has 0 unspecified atom stereocenters. The molecule has 0 fully saturated rings. The van der Waals surface area contributed by atoms with Crippen LogP contribution < -0.4 is 10.6 Å². The summed E-state index contributed by atoms with van der Waals surface area (Å²) < 4.78 is 0. The van der Waals surface area contributed by atoms with Gasteiger partial charge in [-0.15, -0.1) is 0 Å². The highest BCUT2D eigenvalue weighted by Gasteiger charge is 2.24. The van der Waals surface area contributed by atoms with Crippen molar-refractivity contribution in [3.05, 3.63) is 12.2 Å². The molecule has 1 atom stereocenters. The quantitative estimate of drug-likeness (QED) is 0.456. The van der Waals surface area contributed by atoms with Crippen LogP contribution in [-0.2, 0) is 24.0 Å². The second kappa shape index (κ2) is 9.55. The number of carboxylic acid groups (broad SMARTS) is 1. The predicted octanol–water partition coefficient (Wildman–Crippen LogP) is -0.434. The first kappa shape index (κ1) is 20.3. The van der Waals surface area contributed by atoms with Gasteiger partial charge in [0.15, 0.2) is 0 Å². The van der Waals surface area contributed by atoms with E-state index >= 15 is 0 Å². The van der Waals surface area contributed by atoms with Gasteiger partial charge in [-0.2, -0.15) is 0 Å². The molecule has 4 amide bonds. The molecule has 1 aliphatic heterocycles. The fourth-order valence-electron chi connectivity index (χ4n) is 2.24. The minimum atomic E-state index is -1.22. The molecule has 0 spiro atoms. The lowest BCUT2D eigenvalue weighted by Gasteiger charge is -2.16. The zero-order valence-electron chi connectivity index (χ0n) is 14.3. The van der Waals surface area contributed by atoms with Crippen molar-refractivity contribution < 1.29 is 29.1 Å². The molecule has 0 aromatic heterocycles. The van der Waals surface area contributed by atoms with Gasteiger partial charge in [-0.3, -0.25) is 24.1 Å². The number of hydrogen-bond acceptors (Lipinski definition) is 5. The Balaban J connectivity index is 2.35. The van der Waals surface area contributed by atoms with Gasteiger partial charge in [-0.25, -0.2) is 4.79 Å². The highest BCUT2D eigenvalue weighted by molar-refractivity contribution is 6.12. The van der Waals surface area contributed by atoms with Gasteiger partial charge in [0.05, 0.1) is 0 Å². The average molecular weight is 353 g/mol. The number of amides is 4. The fourth-order valence-corrected chi connectivity index (χ4v) is 2.24. The van der Waals surface area contributed by atoms with Crippen LogP contribution in [0.3, 0.4) is 0 Å². The highest BCUT2D eigenvalue weighted by Crippen LogP contribution is 2.06. The normalized spacial score (nSPS) is 14.8. The summed E-state index contributed by atoms with van der Waals surface area (Å²) in [7, 11) is 0. The molecule has 0 saturated heterocycles. The van der Waals surface area contributed by atoms with Gasteiger partial charge in [0.2, 0.25) is 11.8 Å². The molecule has 9 nitrogen and oxygen atoms in total. The maximum atomic E-state index is 11.8. The number of carbonyl (C=O) groups is 5. The van der Waals surface area contributed by atoms with Crippen LogP contribution in [0.5, 0.6) is 0 Å². The molecule has 0 saturated carbocycles. The summed E-state index contributed by atoms with van der Waals surface area (Å²) in [5.41, 5.74) is 0. The number of imide groups is 1. The largest absolute Gasteiger partial charge is 0.480 e. The van der Waals surface area contributed by atoms with Crippen molar-refractivity contribution in [1.29, 1.82) is 0 Å². The maximum absolute atomic E-state index is 11.8. The monoisotopic (exact) mass is 353 g/mol. The Morgan fingerprint density at radius 1 is 1.04 bits per heavy atom. The van der Waals surface area contributed by atoms with E-state index in [0.29, 0.717) is 0 Å². The first-order chi connectivity index (χ1) is 11.7. The molecule has 1 heterocycles. The van der Waals surface area contributed by atoms with E-state index in [1.165, 1.54) is 0 Å². The molecule has 0 bridgehead atoms. The minimum Gasteiger partial charge on any atom is -0.480 e. The number of carboxylic acids is 1. The molecule has 138 valence electrons. The minimum absolute atomic E-state index is 0.0160. The Kier molecular flexibility index (Phi) is 7.77. The molecule has 3 N–H and O–H groups in total. The van der Waals surface area contributed by atoms with Gasteiger partial charge in [0.25, 0.3) is 11.8 Å². The number of hydrogen-bond donors (Lipinski definition) is 3. The molecule has 0 aromatic carbocycles. The predicted molar refractivity (Wildman–Crippen MR) is 87.2 cm³/mol. The Morgan fingerprint density at radius 3 is 2.12 bits per heavy atom. The van der Waals surface area contributed by atoms with E-state index in [4.69, 9.17) is 5.11 Å². The van der Waals surface area contributed by atoms with E-state index in [0.717, 1.165) is 17.1 Å². The standard InChI is InChI=1S/C16H23N3O6/c1-10(2)17-13(21)6-5-11(16(24)25)18-12(20)4-3-9-19-14(22)7-8-15(19)23/h7-8,10-11H,3-6,9H2,1-2H3,(H,17,21)(H,18,20)(H,24,25)/t11-/m0/s1. The zero-order valence-corrected chi connectivity index (χ0v) is 14.3. The number of rotatable bonds is 10. The van der Waals surface area contributed by atoms with Crippen LogP contribution in [-0.4, -0.2) is 58.2 Å². The van der Waals surface area contributed by atoms with Crippen molar-refractivity contribution in [3.63, 3.8) is 0 Å². The van der Waals surface area contributed by atoms with Crippen molar-refractivity contribution >= 4 is 29.6 Å². The van der Waals surface area contributed by atoms with Crippen LogP contribution in [0.1, 0.15) is 39.5 Å². The first-order valence-electron chi connectivity index (χ1n) is 8.05. The molecular weight excluding hydrogens is 330 g/mol. The molecule has 0 aliphatic carbocycles. The average Bonchev–Trinajstić information content (AvgIpc) is 2.82. The molecule has 0 radical (unpaired) electrons. The Hall–Kier alpha value is -2.71. The first-order valence-corrected chi connectivity index (χ1v) is 8.05. The van der Waals surface area contributed by atoms with Crippen molar-refractivity contribution in [3.8, 4) is 0 Å². The summed E-state index contributed by atoms with van der Waals surface area (Å²) >= 11 is 0. The van der Waals surface area contributed by atoms with Gasteiger partial charge < -0.3 is 15.7 Å². The zero-order chi connectivity index (χ0) is 19.0. The van der Waals surface area contributed by atoms with E-state index in [1.807, 2.05) is 0 Å². The lowest BCUT2D eigenvalue weighted by Crippen LogP contribution is -2.42. The van der Waals surface area contributed by atoms with Crippen LogP contribution in [0, 0.1) is 0 Å². The summed E-state index contributed by atoms with van der Waals surface area (Å²) in [5, 5.41) is 14.1. The Morgan fingerprint density at radius 2 is 1.60 bits per heavy atom. The summed E-state index contributed by atoms with van der Waals surface area (Å²) in [4.78, 5) is 58.3. The van der Waals surface area contributed by atoms with Crippen molar-refractivity contribution in [2.24, 2.45) is 0 Å². The third kappa shape index (κ3) is 7.15. The van der Waals surface area contributed by atoms with Gasteiger partial charge in [0.1, 0.15) is 6.04 Å². The Labute approximate surface area is 145 Å². The molecule has 9 heteroatoms. The van der Waals surface area contributed by atoms with Crippen molar-refractivity contribution in [2.45, 2.75) is 51.6 Å². The second-order valence-corrected chi connectivity index (χ2v) is 5.98. The molecule has 25 heavy (non-hydrogen) atoms.